The monoisotopic (exact) mass is 544 g/mol. The number of hydrogen-bond acceptors (Lipinski definition) is 6. The summed E-state index contributed by atoms with van der Waals surface area (Å²) in [5, 5.41) is 14.9. The van der Waals surface area contributed by atoms with Crippen LogP contribution < -0.4 is 10.6 Å². The summed E-state index contributed by atoms with van der Waals surface area (Å²) in [5.74, 6) is -1.87. The van der Waals surface area contributed by atoms with Gasteiger partial charge in [-0.15, -0.1) is 0 Å². The van der Waals surface area contributed by atoms with E-state index in [4.69, 9.17) is 4.74 Å². The van der Waals surface area contributed by atoms with E-state index in [1.165, 1.54) is 0 Å². The van der Waals surface area contributed by atoms with Crippen LogP contribution in [0.3, 0.4) is 0 Å². The van der Waals surface area contributed by atoms with Crippen molar-refractivity contribution in [3.05, 3.63) is 95.6 Å². The molecule has 0 saturated carbocycles. The Labute approximate surface area is 234 Å². The molecular weight excluding hydrogens is 508 g/mol. The van der Waals surface area contributed by atoms with Crippen molar-refractivity contribution in [2.75, 3.05) is 40.8 Å². The molecule has 0 heterocycles. The van der Waals surface area contributed by atoms with Crippen LogP contribution >= 0.6 is 0 Å². The van der Waals surface area contributed by atoms with E-state index in [1.807, 2.05) is 78.7 Å². The summed E-state index contributed by atoms with van der Waals surface area (Å²) in [4.78, 5) is 41.6. The number of fused-ring (bicyclic) bond motifs is 3. The van der Waals surface area contributed by atoms with Gasteiger partial charge in [-0.3, -0.25) is 9.69 Å². The average Bonchev–Trinajstić information content (AvgIpc) is 3.25. The molecule has 9 nitrogen and oxygen atoms in total. The van der Waals surface area contributed by atoms with Crippen LogP contribution in [-0.4, -0.2) is 85.8 Å². The largest absolute Gasteiger partial charge is 0.480 e. The van der Waals surface area contributed by atoms with Crippen LogP contribution in [0.1, 0.15) is 22.6 Å². The fourth-order valence-electron chi connectivity index (χ4n) is 5.07. The topological polar surface area (TPSA) is 111 Å². The molecule has 3 aromatic carbocycles. The molecular formula is C31H36N4O5. The number of alkyl carbamates (subject to hydrolysis) is 1. The predicted molar refractivity (Wildman–Crippen MR) is 153 cm³/mol. The maximum atomic E-state index is 13.3. The second kappa shape index (κ2) is 13.2. The minimum Gasteiger partial charge on any atom is -0.480 e. The van der Waals surface area contributed by atoms with E-state index in [-0.39, 0.29) is 25.6 Å². The normalized spacial score (nSPS) is 13.8. The van der Waals surface area contributed by atoms with E-state index in [0.29, 0.717) is 6.54 Å². The highest BCUT2D eigenvalue weighted by Gasteiger charge is 2.31. The van der Waals surface area contributed by atoms with Gasteiger partial charge in [0, 0.05) is 25.6 Å². The van der Waals surface area contributed by atoms with Gasteiger partial charge in [-0.25, -0.2) is 9.59 Å². The molecule has 0 aliphatic heterocycles. The lowest BCUT2D eigenvalue weighted by molar-refractivity contribution is -0.142. The fourth-order valence-corrected chi connectivity index (χ4v) is 5.07. The molecule has 40 heavy (non-hydrogen) atoms. The Kier molecular flexibility index (Phi) is 9.52. The molecule has 0 aromatic heterocycles. The van der Waals surface area contributed by atoms with Gasteiger partial charge >= 0.3 is 12.1 Å². The maximum absolute atomic E-state index is 13.3. The number of likely N-dealkylation sites (N-methyl/N-ethyl adjacent to an activating group) is 2. The first-order valence-electron chi connectivity index (χ1n) is 13.2. The zero-order chi connectivity index (χ0) is 28.6. The summed E-state index contributed by atoms with van der Waals surface area (Å²) in [6, 6.07) is 23.7. The first-order chi connectivity index (χ1) is 19.2. The number of carboxylic acid groups (broad SMARTS) is 1. The Balaban J connectivity index is 1.45. The molecule has 9 heteroatoms. The molecule has 2 atom stereocenters. The average molecular weight is 545 g/mol. The number of benzene rings is 3. The summed E-state index contributed by atoms with van der Waals surface area (Å²) in [6.45, 7) is 0.904. The molecule has 0 spiro atoms. The summed E-state index contributed by atoms with van der Waals surface area (Å²) < 4.78 is 5.66. The second-order valence-electron chi connectivity index (χ2n) is 10.4. The van der Waals surface area contributed by atoms with E-state index in [9.17, 15) is 19.5 Å². The number of aliphatic carboxylic acids is 1. The van der Waals surface area contributed by atoms with Crippen LogP contribution in [0.5, 0.6) is 0 Å². The lowest BCUT2D eigenvalue weighted by Crippen LogP contribution is -2.57. The third-order valence-corrected chi connectivity index (χ3v) is 6.90. The van der Waals surface area contributed by atoms with Gasteiger partial charge in [0.2, 0.25) is 5.91 Å². The van der Waals surface area contributed by atoms with Gasteiger partial charge in [0.05, 0.1) is 0 Å². The molecule has 1 aliphatic carbocycles. The third kappa shape index (κ3) is 7.25. The number of carbonyl (C=O) groups is 3. The van der Waals surface area contributed by atoms with Crippen molar-refractivity contribution in [2.45, 2.75) is 24.5 Å². The predicted octanol–water partition coefficient (Wildman–Crippen LogP) is 3.16. The number of hydrogen-bond donors (Lipinski definition) is 3. The first kappa shape index (κ1) is 28.8. The minimum atomic E-state index is -1.15. The quantitative estimate of drug-likeness (QED) is 0.321. The summed E-state index contributed by atoms with van der Waals surface area (Å²) >= 11 is 0. The molecule has 1 aliphatic rings. The lowest BCUT2D eigenvalue weighted by atomic mass is 9.98. The van der Waals surface area contributed by atoms with Crippen molar-refractivity contribution in [3.63, 3.8) is 0 Å². The van der Waals surface area contributed by atoms with Gasteiger partial charge < -0.3 is 25.4 Å². The SMILES string of the molecule is CN(C)C[C@H](NC(=O)C(CN(C)Cc1ccccc1)NC(=O)OCC1c2ccccc2-c2ccccc21)C(=O)O. The Morgan fingerprint density at radius 2 is 1.38 bits per heavy atom. The van der Waals surface area contributed by atoms with Crippen LogP contribution in [0.15, 0.2) is 78.9 Å². The van der Waals surface area contributed by atoms with Crippen LogP contribution in [0.4, 0.5) is 4.79 Å². The highest BCUT2D eigenvalue weighted by Crippen LogP contribution is 2.44. The first-order valence-corrected chi connectivity index (χ1v) is 13.2. The van der Waals surface area contributed by atoms with E-state index in [1.54, 1.807) is 19.0 Å². The van der Waals surface area contributed by atoms with Gasteiger partial charge in [-0.05, 0) is 49.0 Å². The Hall–Kier alpha value is -4.21. The molecule has 210 valence electrons. The number of carboxylic acids is 1. The number of nitrogens with one attached hydrogen (secondary N) is 2. The van der Waals surface area contributed by atoms with Crippen LogP contribution in [0, 0.1) is 0 Å². The van der Waals surface area contributed by atoms with Gasteiger partial charge in [0.15, 0.2) is 0 Å². The zero-order valence-corrected chi connectivity index (χ0v) is 23.0. The van der Waals surface area contributed by atoms with E-state index in [2.05, 4.69) is 22.8 Å². The van der Waals surface area contributed by atoms with Crippen molar-refractivity contribution in [3.8, 4) is 11.1 Å². The van der Waals surface area contributed by atoms with Crippen molar-refractivity contribution >= 4 is 18.0 Å². The summed E-state index contributed by atoms with van der Waals surface area (Å²) in [5.41, 5.74) is 5.45. The number of nitrogens with zero attached hydrogens (tertiary/aromatic N) is 2. The summed E-state index contributed by atoms with van der Waals surface area (Å²) in [6.07, 6.45) is -0.741. The van der Waals surface area contributed by atoms with Crippen molar-refractivity contribution < 1.29 is 24.2 Å². The number of carbonyl (C=O) groups excluding carboxylic acids is 2. The Morgan fingerprint density at radius 3 is 1.95 bits per heavy atom. The van der Waals surface area contributed by atoms with Gasteiger partial charge in [0.25, 0.3) is 0 Å². The van der Waals surface area contributed by atoms with Crippen LogP contribution in [0.25, 0.3) is 11.1 Å². The number of ether oxygens (including phenoxy) is 1. The number of rotatable bonds is 12. The molecule has 0 saturated heterocycles. The minimum absolute atomic E-state index is 0.104. The third-order valence-electron chi connectivity index (χ3n) is 6.90. The molecule has 3 N–H and O–H groups in total. The van der Waals surface area contributed by atoms with Gasteiger partial charge in [-0.1, -0.05) is 78.9 Å². The Bertz CT molecular complexity index is 1280. The standard InChI is InChI=1S/C31H36N4O5/c1-34(2)18-28(30(37)38)32-29(36)27(19-35(3)17-21-11-5-4-6-12-21)33-31(39)40-20-26-24-15-9-7-13-22(24)23-14-8-10-16-25(23)26/h4-16,26-28H,17-20H2,1-3H3,(H,32,36)(H,33,39)(H,37,38)/t27?,28-/m0/s1. The van der Waals surface area contributed by atoms with Gasteiger partial charge in [0.1, 0.15) is 18.7 Å². The molecule has 3 aromatic rings. The van der Waals surface area contributed by atoms with Crippen molar-refractivity contribution in [2.24, 2.45) is 0 Å². The maximum Gasteiger partial charge on any atom is 0.407 e. The molecule has 0 radical (unpaired) electrons. The molecule has 0 bridgehead atoms. The fraction of sp³-hybridized carbons (Fsp3) is 0.323. The van der Waals surface area contributed by atoms with E-state index < -0.39 is 30.1 Å². The highest BCUT2D eigenvalue weighted by molar-refractivity contribution is 5.89. The van der Waals surface area contributed by atoms with Crippen molar-refractivity contribution in [1.29, 1.82) is 0 Å². The Morgan fingerprint density at radius 1 is 0.800 bits per heavy atom. The smallest absolute Gasteiger partial charge is 0.407 e. The zero-order valence-electron chi connectivity index (χ0n) is 23.0. The highest BCUT2D eigenvalue weighted by atomic mass is 16.5. The van der Waals surface area contributed by atoms with Crippen LogP contribution in [-0.2, 0) is 20.9 Å². The van der Waals surface area contributed by atoms with Crippen molar-refractivity contribution in [1.82, 2.24) is 20.4 Å². The summed E-state index contributed by atoms with van der Waals surface area (Å²) in [7, 11) is 5.28. The van der Waals surface area contributed by atoms with E-state index >= 15 is 0 Å². The van der Waals surface area contributed by atoms with Gasteiger partial charge in [-0.2, -0.15) is 0 Å². The molecule has 1 unspecified atom stereocenters. The van der Waals surface area contributed by atoms with E-state index in [0.717, 1.165) is 27.8 Å². The molecule has 2 amide bonds. The second-order valence-corrected chi connectivity index (χ2v) is 10.4. The van der Waals surface area contributed by atoms with Crippen LogP contribution in [0.2, 0.25) is 0 Å². The molecule has 0 fully saturated rings. The lowest BCUT2D eigenvalue weighted by Gasteiger charge is -2.26. The number of amides is 2. The molecule has 4 rings (SSSR count).